The Balaban J connectivity index is 2.13. The first-order valence-electron chi connectivity index (χ1n) is 6.16. The molecule has 1 atom stereocenters. The maximum Gasteiger partial charge on any atom is 0.130 e. The SMILES string of the molecule is Cc1cnc(N2CCO[C@@H](C(C)C)C2)cc1N. The molecular weight excluding hydrogens is 214 g/mol. The summed E-state index contributed by atoms with van der Waals surface area (Å²) in [6.45, 7) is 8.89. The van der Waals surface area contributed by atoms with Gasteiger partial charge in [0.1, 0.15) is 5.82 Å². The van der Waals surface area contributed by atoms with Gasteiger partial charge in [-0.15, -0.1) is 0 Å². The Kier molecular flexibility index (Phi) is 3.52. The van der Waals surface area contributed by atoms with Crippen LogP contribution in [0.2, 0.25) is 0 Å². The molecule has 4 nitrogen and oxygen atoms in total. The number of morpholine rings is 1. The Morgan fingerprint density at radius 2 is 2.29 bits per heavy atom. The van der Waals surface area contributed by atoms with E-state index in [-0.39, 0.29) is 6.10 Å². The van der Waals surface area contributed by atoms with Gasteiger partial charge in [0.15, 0.2) is 0 Å². The van der Waals surface area contributed by atoms with E-state index in [4.69, 9.17) is 10.5 Å². The number of aryl methyl sites for hydroxylation is 1. The topological polar surface area (TPSA) is 51.4 Å². The summed E-state index contributed by atoms with van der Waals surface area (Å²) in [4.78, 5) is 6.70. The highest BCUT2D eigenvalue weighted by Crippen LogP contribution is 2.21. The van der Waals surface area contributed by atoms with Crippen LogP contribution in [0.1, 0.15) is 19.4 Å². The molecule has 0 aliphatic carbocycles. The second kappa shape index (κ2) is 4.92. The van der Waals surface area contributed by atoms with Crippen molar-refractivity contribution in [1.82, 2.24) is 4.98 Å². The van der Waals surface area contributed by atoms with Gasteiger partial charge in [-0.2, -0.15) is 0 Å². The third-order valence-electron chi connectivity index (χ3n) is 3.29. The average Bonchev–Trinajstić information content (AvgIpc) is 2.33. The molecule has 1 aliphatic heterocycles. The lowest BCUT2D eigenvalue weighted by Gasteiger charge is -2.35. The van der Waals surface area contributed by atoms with Crippen molar-refractivity contribution >= 4 is 11.5 Å². The van der Waals surface area contributed by atoms with Gasteiger partial charge >= 0.3 is 0 Å². The number of aromatic nitrogens is 1. The van der Waals surface area contributed by atoms with Crippen molar-refractivity contribution < 1.29 is 4.74 Å². The van der Waals surface area contributed by atoms with Crippen LogP contribution in [0, 0.1) is 12.8 Å². The van der Waals surface area contributed by atoms with Gasteiger partial charge in [0, 0.05) is 31.0 Å². The van der Waals surface area contributed by atoms with Crippen LogP contribution in [-0.4, -0.2) is 30.8 Å². The van der Waals surface area contributed by atoms with E-state index in [1.165, 1.54) is 0 Å². The fourth-order valence-electron chi connectivity index (χ4n) is 1.99. The second-order valence-electron chi connectivity index (χ2n) is 5.00. The minimum absolute atomic E-state index is 0.285. The van der Waals surface area contributed by atoms with Gasteiger partial charge < -0.3 is 15.4 Å². The van der Waals surface area contributed by atoms with Crippen molar-refractivity contribution in [3.63, 3.8) is 0 Å². The molecule has 0 radical (unpaired) electrons. The molecule has 4 heteroatoms. The highest BCUT2D eigenvalue weighted by Gasteiger charge is 2.23. The number of anilines is 2. The van der Waals surface area contributed by atoms with Crippen molar-refractivity contribution in [2.75, 3.05) is 30.3 Å². The highest BCUT2D eigenvalue weighted by atomic mass is 16.5. The third-order valence-corrected chi connectivity index (χ3v) is 3.29. The first kappa shape index (κ1) is 12.2. The lowest BCUT2D eigenvalue weighted by atomic mass is 10.1. The Morgan fingerprint density at radius 3 is 2.94 bits per heavy atom. The van der Waals surface area contributed by atoms with Gasteiger partial charge in [0.05, 0.1) is 12.7 Å². The minimum atomic E-state index is 0.285. The predicted octanol–water partition coefficient (Wildman–Crippen LogP) is 1.83. The molecule has 0 bridgehead atoms. The molecule has 2 N–H and O–H groups in total. The van der Waals surface area contributed by atoms with Crippen molar-refractivity contribution in [3.05, 3.63) is 17.8 Å². The summed E-state index contributed by atoms with van der Waals surface area (Å²) in [6, 6.07) is 1.96. The van der Waals surface area contributed by atoms with Crippen LogP contribution in [0.25, 0.3) is 0 Å². The van der Waals surface area contributed by atoms with Crippen LogP contribution in [-0.2, 0) is 4.74 Å². The van der Waals surface area contributed by atoms with Gasteiger partial charge in [0.25, 0.3) is 0 Å². The molecule has 0 amide bonds. The van der Waals surface area contributed by atoms with E-state index >= 15 is 0 Å². The van der Waals surface area contributed by atoms with Crippen LogP contribution in [0.5, 0.6) is 0 Å². The summed E-state index contributed by atoms with van der Waals surface area (Å²) in [7, 11) is 0. The molecule has 1 fully saturated rings. The molecule has 0 aromatic carbocycles. The molecule has 1 aromatic heterocycles. The van der Waals surface area contributed by atoms with Crippen molar-refractivity contribution in [3.8, 4) is 0 Å². The minimum Gasteiger partial charge on any atom is -0.398 e. The quantitative estimate of drug-likeness (QED) is 0.849. The maximum absolute atomic E-state index is 5.92. The smallest absolute Gasteiger partial charge is 0.130 e. The first-order valence-corrected chi connectivity index (χ1v) is 6.16. The van der Waals surface area contributed by atoms with E-state index in [1.807, 2.05) is 19.2 Å². The largest absolute Gasteiger partial charge is 0.398 e. The normalized spacial score (nSPS) is 20.9. The van der Waals surface area contributed by atoms with E-state index in [1.54, 1.807) is 0 Å². The molecule has 2 rings (SSSR count). The van der Waals surface area contributed by atoms with E-state index < -0.39 is 0 Å². The molecule has 1 aliphatic rings. The molecule has 1 aromatic rings. The zero-order chi connectivity index (χ0) is 12.4. The number of hydrogen-bond acceptors (Lipinski definition) is 4. The monoisotopic (exact) mass is 235 g/mol. The maximum atomic E-state index is 5.92. The Labute approximate surface area is 103 Å². The molecule has 1 saturated heterocycles. The molecular formula is C13H21N3O. The Morgan fingerprint density at radius 1 is 1.53 bits per heavy atom. The summed E-state index contributed by atoms with van der Waals surface area (Å²) < 4.78 is 5.74. The van der Waals surface area contributed by atoms with Gasteiger partial charge in [-0.05, 0) is 18.4 Å². The van der Waals surface area contributed by atoms with Gasteiger partial charge in [0.2, 0.25) is 0 Å². The number of nitrogens with zero attached hydrogens (tertiary/aromatic N) is 2. The molecule has 0 spiro atoms. The average molecular weight is 235 g/mol. The van der Waals surface area contributed by atoms with Crippen LogP contribution in [0.15, 0.2) is 12.3 Å². The third kappa shape index (κ3) is 2.69. The number of nitrogen functional groups attached to an aromatic ring is 1. The van der Waals surface area contributed by atoms with Crippen molar-refractivity contribution in [1.29, 1.82) is 0 Å². The van der Waals surface area contributed by atoms with Gasteiger partial charge in [-0.1, -0.05) is 13.8 Å². The van der Waals surface area contributed by atoms with Crippen LogP contribution in [0.3, 0.4) is 0 Å². The summed E-state index contributed by atoms with van der Waals surface area (Å²) >= 11 is 0. The zero-order valence-corrected chi connectivity index (χ0v) is 10.8. The molecule has 94 valence electrons. The van der Waals surface area contributed by atoms with Crippen LogP contribution in [0.4, 0.5) is 11.5 Å². The second-order valence-corrected chi connectivity index (χ2v) is 5.00. The van der Waals surface area contributed by atoms with Gasteiger partial charge in [-0.3, -0.25) is 0 Å². The number of hydrogen-bond donors (Lipinski definition) is 1. The van der Waals surface area contributed by atoms with Crippen LogP contribution < -0.4 is 10.6 Å². The van der Waals surface area contributed by atoms with Crippen molar-refractivity contribution in [2.45, 2.75) is 26.9 Å². The van der Waals surface area contributed by atoms with Crippen molar-refractivity contribution in [2.24, 2.45) is 5.92 Å². The predicted molar refractivity (Wildman–Crippen MR) is 70.2 cm³/mol. The fraction of sp³-hybridized carbons (Fsp3) is 0.615. The van der Waals surface area contributed by atoms with Crippen LogP contribution >= 0.6 is 0 Å². The van der Waals surface area contributed by atoms with Gasteiger partial charge in [-0.25, -0.2) is 4.98 Å². The molecule has 0 saturated carbocycles. The van der Waals surface area contributed by atoms with E-state index in [0.717, 1.165) is 36.8 Å². The Hall–Kier alpha value is -1.29. The summed E-state index contributed by atoms with van der Waals surface area (Å²) in [5.41, 5.74) is 7.76. The Bertz CT molecular complexity index is 392. The summed E-state index contributed by atoms with van der Waals surface area (Å²) in [6.07, 6.45) is 2.12. The lowest BCUT2D eigenvalue weighted by molar-refractivity contribution is 0.0112. The van der Waals surface area contributed by atoms with E-state index in [0.29, 0.717) is 5.92 Å². The van der Waals surface area contributed by atoms with E-state index in [9.17, 15) is 0 Å². The number of pyridine rings is 1. The van der Waals surface area contributed by atoms with E-state index in [2.05, 4.69) is 23.7 Å². The molecule has 0 unspecified atom stereocenters. The fourth-order valence-corrected chi connectivity index (χ4v) is 1.99. The first-order chi connectivity index (χ1) is 8.08. The molecule has 17 heavy (non-hydrogen) atoms. The number of nitrogens with two attached hydrogens (primary N) is 1. The summed E-state index contributed by atoms with van der Waals surface area (Å²) in [5.74, 6) is 1.49. The number of ether oxygens (including phenoxy) is 1. The summed E-state index contributed by atoms with van der Waals surface area (Å²) in [5, 5.41) is 0. The zero-order valence-electron chi connectivity index (χ0n) is 10.8. The molecule has 2 heterocycles. The lowest BCUT2D eigenvalue weighted by Crippen LogP contribution is -2.45. The highest BCUT2D eigenvalue weighted by molar-refractivity contribution is 5.54. The number of rotatable bonds is 2. The standard InChI is InChI=1S/C13H21N3O/c1-9(2)12-8-16(4-5-17-12)13-6-11(14)10(3)7-15-13/h6-7,9,12H,4-5,8H2,1-3H3,(H2,14,15)/t12-/m1/s1.